The number of aryl methyl sites for hydroxylation is 2. The number of hydrogen-bond acceptors (Lipinski definition) is 2. The molecule has 2 heteroatoms. The number of rotatable bonds is 4. The molecule has 1 aromatic carbocycles. The lowest BCUT2D eigenvalue weighted by atomic mass is 10.0. The van der Waals surface area contributed by atoms with E-state index in [2.05, 4.69) is 63.3 Å². The summed E-state index contributed by atoms with van der Waals surface area (Å²) in [6.07, 6.45) is 0. The molecular weight excluding hydrogens is 238 g/mol. The summed E-state index contributed by atoms with van der Waals surface area (Å²) in [4.78, 5) is 2.78. The van der Waals surface area contributed by atoms with Gasteiger partial charge in [-0.1, -0.05) is 30.7 Å². The fourth-order valence-corrected chi connectivity index (χ4v) is 3.25. The lowest BCUT2D eigenvalue weighted by Gasteiger charge is -2.09. The zero-order chi connectivity index (χ0) is 13.1. The van der Waals surface area contributed by atoms with Crippen molar-refractivity contribution < 1.29 is 0 Å². The number of thiophene rings is 1. The third kappa shape index (κ3) is 2.82. The van der Waals surface area contributed by atoms with Gasteiger partial charge in [-0.3, -0.25) is 0 Å². The Morgan fingerprint density at radius 3 is 2.67 bits per heavy atom. The summed E-state index contributed by atoms with van der Waals surface area (Å²) in [6.45, 7) is 9.72. The van der Waals surface area contributed by atoms with Gasteiger partial charge in [0.2, 0.25) is 0 Å². The summed E-state index contributed by atoms with van der Waals surface area (Å²) in [6, 6.07) is 11.6. The van der Waals surface area contributed by atoms with Crippen LogP contribution in [-0.4, -0.2) is 6.54 Å². The van der Waals surface area contributed by atoms with Crippen molar-refractivity contribution in [1.29, 1.82) is 0 Å². The van der Waals surface area contributed by atoms with Crippen LogP contribution in [0.2, 0.25) is 0 Å². The molecule has 0 bridgehead atoms. The molecule has 1 nitrogen and oxygen atoms in total. The first-order chi connectivity index (χ1) is 8.61. The molecule has 0 radical (unpaired) electrons. The number of benzene rings is 1. The topological polar surface area (TPSA) is 12.0 Å². The van der Waals surface area contributed by atoms with Gasteiger partial charge in [-0.2, -0.15) is 0 Å². The normalized spacial score (nSPS) is 12.7. The van der Waals surface area contributed by atoms with Gasteiger partial charge in [-0.25, -0.2) is 0 Å². The molecule has 96 valence electrons. The van der Waals surface area contributed by atoms with Gasteiger partial charge in [0.1, 0.15) is 0 Å². The van der Waals surface area contributed by atoms with Crippen molar-refractivity contribution in [2.75, 3.05) is 6.54 Å². The van der Waals surface area contributed by atoms with Crippen LogP contribution in [0.1, 0.15) is 35.9 Å². The van der Waals surface area contributed by atoms with Crippen LogP contribution >= 0.6 is 11.3 Å². The van der Waals surface area contributed by atoms with Crippen LogP contribution in [0.5, 0.6) is 0 Å². The monoisotopic (exact) mass is 259 g/mol. The van der Waals surface area contributed by atoms with E-state index in [0.717, 1.165) is 6.54 Å². The Bertz CT molecular complexity index is 528. The number of hydrogen-bond donors (Lipinski definition) is 1. The van der Waals surface area contributed by atoms with Crippen LogP contribution < -0.4 is 5.32 Å². The van der Waals surface area contributed by atoms with Crippen molar-refractivity contribution in [1.82, 2.24) is 5.32 Å². The molecule has 1 N–H and O–H groups in total. The molecule has 2 rings (SSSR count). The van der Waals surface area contributed by atoms with Crippen LogP contribution in [0.25, 0.3) is 10.4 Å². The predicted molar refractivity (Wildman–Crippen MR) is 81.3 cm³/mol. The van der Waals surface area contributed by atoms with Crippen molar-refractivity contribution in [3.05, 3.63) is 46.3 Å². The standard InChI is InChI=1S/C16H21NS/c1-5-17-13(4)15-8-9-16(18-15)14-10-11(2)6-7-12(14)3/h6-10,13,17H,5H2,1-4H3. The van der Waals surface area contributed by atoms with Crippen LogP contribution in [0.15, 0.2) is 30.3 Å². The van der Waals surface area contributed by atoms with Crippen molar-refractivity contribution in [3.63, 3.8) is 0 Å². The molecule has 0 amide bonds. The molecule has 0 saturated heterocycles. The molecule has 1 aromatic heterocycles. The van der Waals surface area contributed by atoms with Gasteiger partial charge in [0.15, 0.2) is 0 Å². The predicted octanol–water partition coefficient (Wildman–Crippen LogP) is 4.70. The average molecular weight is 259 g/mol. The van der Waals surface area contributed by atoms with Crippen LogP contribution in [-0.2, 0) is 0 Å². The van der Waals surface area contributed by atoms with E-state index in [4.69, 9.17) is 0 Å². The van der Waals surface area contributed by atoms with Gasteiger partial charge in [-0.15, -0.1) is 11.3 Å². The Labute approximate surface area is 114 Å². The van der Waals surface area contributed by atoms with Crippen molar-refractivity contribution in [3.8, 4) is 10.4 Å². The zero-order valence-corrected chi connectivity index (χ0v) is 12.4. The van der Waals surface area contributed by atoms with Gasteiger partial charge in [-0.05, 0) is 50.6 Å². The van der Waals surface area contributed by atoms with E-state index in [1.165, 1.54) is 26.4 Å². The van der Waals surface area contributed by atoms with E-state index in [1.807, 2.05) is 11.3 Å². The van der Waals surface area contributed by atoms with Crippen LogP contribution in [0.3, 0.4) is 0 Å². The molecule has 1 heterocycles. The summed E-state index contributed by atoms with van der Waals surface area (Å²) in [7, 11) is 0. The van der Waals surface area contributed by atoms with E-state index in [1.54, 1.807) is 0 Å². The van der Waals surface area contributed by atoms with E-state index in [-0.39, 0.29) is 0 Å². The van der Waals surface area contributed by atoms with E-state index in [9.17, 15) is 0 Å². The van der Waals surface area contributed by atoms with Gasteiger partial charge in [0, 0.05) is 15.8 Å². The lowest BCUT2D eigenvalue weighted by Crippen LogP contribution is -2.16. The van der Waals surface area contributed by atoms with Gasteiger partial charge in [0.25, 0.3) is 0 Å². The fraction of sp³-hybridized carbons (Fsp3) is 0.375. The van der Waals surface area contributed by atoms with Gasteiger partial charge < -0.3 is 5.32 Å². The zero-order valence-electron chi connectivity index (χ0n) is 11.6. The number of nitrogens with one attached hydrogen (secondary N) is 1. The maximum atomic E-state index is 3.46. The summed E-state index contributed by atoms with van der Waals surface area (Å²) in [5.41, 5.74) is 4.05. The Morgan fingerprint density at radius 1 is 1.17 bits per heavy atom. The van der Waals surface area contributed by atoms with Crippen molar-refractivity contribution in [2.45, 2.75) is 33.7 Å². The largest absolute Gasteiger partial charge is 0.310 e. The molecule has 18 heavy (non-hydrogen) atoms. The average Bonchev–Trinajstić information content (AvgIpc) is 2.82. The highest BCUT2D eigenvalue weighted by molar-refractivity contribution is 7.15. The first-order valence-electron chi connectivity index (χ1n) is 6.52. The molecule has 0 fully saturated rings. The maximum absolute atomic E-state index is 3.46. The highest BCUT2D eigenvalue weighted by Gasteiger charge is 2.10. The van der Waals surface area contributed by atoms with Crippen molar-refractivity contribution in [2.24, 2.45) is 0 Å². The fourth-order valence-electron chi connectivity index (χ4n) is 2.14. The molecular formula is C16H21NS. The second kappa shape index (κ2) is 5.68. The summed E-state index contributed by atoms with van der Waals surface area (Å²) in [5, 5.41) is 3.46. The van der Waals surface area contributed by atoms with Crippen LogP contribution in [0.4, 0.5) is 0 Å². The van der Waals surface area contributed by atoms with E-state index in [0.29, 0.717) is 6.04 Å². The van der Waals surface area contributed by atoms with E-state index >= 15 is 0 Å². The van der Waals surface area contributed by atoms with Gasteiger partial charge >= 0.3 is 0 Å². The Hall–Kier alpha value is -1.12. The Balaban J connectivity index is 2.32. The molecule has 0 aliphatic rings. The second-order valence-electron chi connectivity index (χ2n) is 4.80. The molecule has 0 saturated carbocycles. The van der Waals surface area contributed by atoms with Gasteiger partial charge in [0.05, 0.1) is 0 Å². The molecule has 1 unspecified atom stereocenters. The molecule has 1 atom stereocenters. The third-order valence-electron chi connectivity index (χ3n) is 3.22. The quantitative estimate of drug-likeness (QED) is 0.839. The maximum Gasteiger partial charge on any atom is 0.0386 e. The lowest BCUT2D eigenvalue weighted by molar-refractivity contribution is 0.607. The summed E-state index contributed by atoms with van der Waals surface area (Å²) in [5.74, 6) is 0. The van der Waals surface area contributed by atoms with Crippen LogP contribution in [0, 0.1) is 13.8 Å². The SMILES string of the molecule is CCNC(C)c1ccc(-c2cc(C)ccc2C)s1. The van der Waals surface area contributed by atoms with E-state index < -0.39 is 0 Å². The molecule has 2 aromatic rings. The minimum absolute atomic E-state index is 0.443. The minimum atomic E-state index is 0.443. The van der Waals surface area contributed by atoms with Crippen molar-refractivity contribution >= 4 is 11.3 Å². The molecule has 0 spiro atoms. The smallest absolute Gasteiger partial charge is 0.0386 e. The second-order valence-corrected chi connectivity index (χ2v) is 5.92. The minimum Gasteiger partial charge on any atom is -0.310 e. The summed E-state index contributed by atoms with van der Waals surface area (Å²) >= 11 is 1.89. The Kier molecular flexibility index (Phi) is 4.20. The first-order valence-corrected chi connectivity index (χ1v) is 7.34. The highest BCUT2D eigenvalue weighted by Crippen LogP contribution is 2.33. The molecule has 0 aliphatic heterocycles. The first kappa shape index (κ1) is 13.3. The summed E-state index contributed by atoms with van der Waals surface area (Å²) < 4.78 is 0. The molecule has 0 aliphatic carbocycles. The Morgan fingerprint density at radius 2 is 1.94 bits per heavy atom. The highest BCUT2D eigenvalue weighted by atomic mass is 32.1. The third-order valence-corrected chi connectivity index (χ3v) is 4.52.